The molecule has 0 saturated carbocycles. The van der Waals surface area contributed by atoms with E-state index in [1.807, 2.05) is 0 Å². The largest absolute Gasteiger partial charge is 0.494 e. The average Bonchev–Trinajstić information content (AvgIpc) is 2.57. The van der Waals surface area contributed by atoms with Crippen LogP contribution in [0.4, 0.5) is 0 Å². The fraction of sp³-hybridized carbons (Fsp3) is 0.533. The van der Waals surface area contributed by atoms with Crippen molar-refractivity contribution >= 4 is 39.2 Å². The van der Waals surface area contributed by atoms with Crippen molar-refractivity contribution in [2.45, 2.75) is 24.7 Å². The Morgan fingerprint density at radius 3 is 2.71 bits per heavy atom. The summed E-state index contributed by atoms with van der Waals surface area (Å²) in [5, 5.41) is 0.245. The van der Waals surface area contributed by atoms with Crippen molar-refractivity contribution in [3.8, 4) is 5.75 Å². The summed E-state index contributed by atoms with van der Waals surface area (Å²) in [7, 11) is -2.54. The van der Waals surface area contributed by atoms with Gasteiger partial charge in [0.15, 0.2) is 5.75 Å². The quantitative estimate of drug-likeness (QED) is 0.716. The lowest BCUT2D eigenvalue weighted by Crippen LogP contribution is -2.42. The Bertz CT molecular complexity index is 723. The maximum Gasteiger partial charge on any atom is 0.310 e. The van der Waals surface area contributed by atoms with Crippen LogP contribution in [0, 0.1) is 5.92 Å². The predicted octanol–water partition coefficient (Wildman–Crippen LogP) is 2.97. The lowest BCUT2D eigenvalue weighted by atomic mass is 10.0. The van der Waals surface area contributed by atoms with Crippen LogP contribution in [0.1, 0.15) is 19.8 Å². The molecule has 0 N–H and O–H groups in total. The first kappa shape index (κ1) is 19.3. The summed E-state index contributed by atoms with van der Waals surface area (Å²) in [4.78, 5) is 11.9. The number of nitrogens with zero attached hydrogens (tertiary/aromatic N) is 1. The summed E-state index contributed by atoms with van der Waals surface area (Å²) in [6.07, 6.45) is 1.18. The van der Waals surface area contributed by atoms with E-state index in [0.29, 0.717) is 19.4 Å². The van der Waals surface area contributed by atoms with Crippen LogP contribution >= 0.6 is 23.2 Å². The van der Waals surface area contributed by atoms with E-state index in [9.17, 15) is 13.2 Å². The van der Waals surface area contributed by atoms with Gasteiger partial charge in [-0.2, -0.15) is 4.31 Å². The average molecular weight is 396 g/mol. The first-order valence-corrected chi connectivity index (χ1v) is 9.71. The first-order valence-electron chi connectivity index (χ1n) is 7.51. The fourth-order valence-electron chi connectivity index (χ4n) is 2.66. The van der Waals surface area contributed by atoms with Gasteiger partial charge in [-0.1, -0.05) is 23.2 Å². The van der Waals surface area contributed by atoms with Gasteiger partial charge in [-0.3, -0.25) is 4.79 Å². The molecule has 1 aliphatic heterocycles. The van der Waals surface area contributed by atoms with Gasteiger partial charge in [-0.25, -0.2) is 8.42 Å². The Morgan fingerprint density at radius 2 is 2.08 bits per heavy atom. The van der Waals surface area contributed by atoms with Crippen LogP contribution in [-0.4, -0.2) is 45.5 Å². The van der Waals surface area contributed by atoms with E-state index in [1.54, 1.807) is 6.92 Å². The Morgan fingerprint density at radius 1 is 1.38 bits per heavy atom. The molecule has 134 valence electrons. The number of sulfonamides is 1. The van der Waals surface area contributed by atoms with Crippen molar-refractivity contribution in [1.29, 1.82) is 0 Å². The van der Waals surface area contributed by atoms with Crippen LogP contribution in [0.15, 0.2) is 17.0 Å². The van der Waals surface area contributed by atoms with Gasteiger partial charge in [0.1, 0.15) is 9.92 Å². The molecule has 6 nitrogen and oxygen atoms in total. The smallest absolute Gasteiger partial charge is 0.310 e. The number of piperidine rings is 1. The Kier molecular flexibility index (Phi) is 6.36. The molecule has 0 aliphatic carbocycles. The number of methoxy groups -OCH3 is 1. The normalized spacial score (nSPS) is 19.1. The van der Waals surface area contributed by atoms with Crippen molar-refractivity contribution < 1.29 is 22.7 Å². The number of benzene rings is 1. The zero-order valence-corrected chi connectivity index (χ0v) is 15.7. The second kappa shape index (κ2) is 7.91. The highest BCUT2D eigenvalue weighted by Gasteiger charge is 2.36. The second-order valence-corrected chi connectivity index (χ2v) is 8.04. The molecular formula is C15H19Cl2NO5S. The number of carbonyl (C=O) groups excluding carboxylic acids is 1. The van der Waals surface area contributed by atoms with Crippen LogP contribution in [0.2, 0.25) is 10.0 Å². The highest BCUT2D eigenvalue weighted by Crippen LogP contribution is 2.39. The van der Waals surface area contributed by atoms with Crippen molar-refractivity contribution in [2.24, 2.45) is 5.92 Å². The Labute approximate surface area is 151 Å². The predicted molar refractivity (Wildman–Crippen MR) is 91.1 cm³/mol. The number of hydrogen-bond acceptors (Lipinski definition) is 5. The van der Waals surface area contributed by atoms with Crippen molar-refractivity contribution in [1.82, 2.24) is 4.31 Å². The molecule has 1 unspecified atom stereocenters. The van der Waals surface area contributed by atoms with Gasteiger partial charge in [0.25, 0.3) is 0 Å². The minimum Gasteiger partial charge on any atom is -0.494 e. The van der Waals surface area contributed by atoms with Gasteiger partial charge in [0.2, 0.25) is 10.0 Å². The van der Waals surface area contributed by atoms with Gasteiger partial charge in [-0.05, 0) is 31.9 Å². The summed E-state index contributed by atoms with van der Waals surface area (Å²) < 4.78 is 37.3. The molecule has 1 aromatic rings. The summed E-state index contributed by atoms with van der Waals surface area (Å²) in [6, 6.07) is 2.77. The summed E-state index contributed by atoms with van der Waals surface area (Å²) in [5.41, 5.74) is 0. The lowest BCUT2D eigenvalue weighted by molar-refractivity contribution is -0.149. The third kappa shape index (κ3) is 3.79. The number of carbonyl (C=O) groups is 1. The summed E-state index contributed by atoms with van der Waals surface area (Å²) in [6.45, 7) is 2.38. The SMILES string of the molecule is CCOC(=O)C1CCCN(S(=O)(=O)c2ccc(Cl)c(Cl)c2OC)C1. The minimum atomic E-state index is -3.87. The van der Waals surface area contributed by atoms with Gasteiger partial charge < -0.3 is 9.47 Å². The zero-order chi connectivity index (χ0) is 17.9. The van der Waals surface area contributed by atoms with Crippen LogP contribution < -0.4 is 4.74 Å². The van der Waals surface area contributed by atoms with E-state index < -0.39 is 15.9 Å². The molecule has 2 rings (SSSR count). The molecule has 0 spiro atoms. The second-order valence-electron chi connectivity index (χ2n) is 5.35. The highest BCUT2D eigenvalue weighted by molar-refractivity contribution is 7.89. The van der Waals surface area contributed by atoms with Gasteiger partial charge >= 0.3 is 5.97 Å². The van der Waals surface area contributed by atoms with Crippen molar-refractivity contribution in [3.05, 3.63) is 22.2 Å². The van der Waals surface area contributed by atoms with Crippen LogP contribution in [-0.2, 0) is 19.6 Å². The standard InChI is InChI=1S/C15H19Cl2NO5S/c1-3-23-15(19)10-5-4-8-18(9-10)24(20,21)12-7-6-11(16)13(17)14(12)22-2/h6-7,10H,3-5,8-9H2,1-2H3. The Hall–Kier alpha value is -1.02. The van der Waals surface area contributed by atoms with Crippen LogP contribution in [0.3, 0.4) is 0 Å². The van der Waals surface area contributed by atoms with E-state index in [0.717, 1.165) is 0 Å². The summed E-state index contributed by atoms with van der Waals surface area (Å²) >= 11 is 12.0. The molecule has 1 fully saturated rings. The number of esters is 1. The van der Waals surface area contributed by atoms with E-state index in [-0.39, 0.29) is 39.8 Å². The van der Waals surface area contributed by atoms with E-state index in [2.05, 4.69) is 0 Å². The zero-order valence-electron chi connectivity index (χ0n) is 13.4. The molecule has 1 aliphatic rings. The van der Waals surface area contributed by atoms with Gasteiger partial charge in [-0.15, -0.1) is 0 Å². The minimum absolute atomic E-state index is 0.00225. The molecule has 9 heteroatoms. The van der Waals surface area contributed by atoms with Gasteiger partial charge in [0, 0.05) is 13.1 Å². The van der Waals surface area contributed by atoms with Crippen LogP contribution in [0.5, 0.6) is 5.75 Å². The first-order chi connectivity index (χ1) is 11.3. The molecule has 1 aromatic carbocycles. The molecule has 0 radical (unpaired) electrons. The van der Waals surface area contributed by atoms with Crippen molar-refractivity contribution in [2.75, 3.05) is 26.8 Å². The van der Waals surface area contributed by atoms with Gasteiger partial charge in [0.05, 0.1) is 24.7 Å². The van der Waals surface area contributed by atoms with E-state index in [1.165, 1.54) is 23.5 Å². The van der Waals surface area contributed by atoms with E-state index >= 15 is 0 Å². The third-order valence-electron chi connectivity index (χ3n) is 3.84. The number of ether oxygens (including phenoxy) is 2. The maximum atomic E-state index is 12.9. The fourth-order valence-corrected chi connectivity index (χ4v) is 4.79. The number of halogens is 2. The highest BCUT2D eigenvalue weighted by atomic mass is 35.5. The maximum absolute atomic E-state index is 12.9. The molecule has 0 amide bonds. The van der Waals surface area contributed by atoms with E-state index in [4.69, 9.17) is 32.7 Å². The third-order valence-corrected chi connectivity index (χ3v) is 6.52. The number of hydrogen-bond donors (Lipinski definition) is 0. The molecule has 1 atom stereocenters. The Balaban J connectivity index is 2.34. The monoisotopic (exact) mass is 395 g/mol. The molecule has 0 bridgehead atoms. The molecule has 1 saturated heterocycles. The van der Waals surface area contributed by atoms with Crippen molar-refractivity contribution in [3.63, 3.8) is 0 Å². The topological polar surface area (TPSA) is 72.9 Å². The number of rotatable bonds is 5. The lowest BCUT2D eigenvalue weighted by Gasteiger charge is -2.31. The molecule has 24 heavy (non-hydrogen) atoms. The summed E-state index contributed by atoms with van der Waals surface area (Å²) in [5.74, 6) is -0.844. The van der Waals surface area contributed by atoms with Crippen LogP contribution in [0.25, 0.3) is 0 Å². The molecule has 1 heterocycles. The molecular weight excluding hydrogens is 377 g/mol. The molecule has 0 aromatic heterocycles.